The van der Waals surface area contributed by atoms with Crippen LogP contribution >= 0.6 is 0 Å². The number of aromatic nitrogens is 1. The van der Waals surface area contributed by atoms with Crippen molar-refractivity contribution in [3.05, 3.63) is 35.4 Å². The highest BCUT2D eigenvalue weighted by atomic mass is 16.5. The number of anilines is 1. The van der Waals surface area contributed by atoms with Gasteiger partial charge in [0.15, 0.2) is 5.76 Å². The van der Waals surface area contributed by atoms with Crippen LogP contribution < -0.4 is 5.32 Å². The van der Waals surface area contributed by atoms with Crippen molar-refractivity contribution in [2.24, 2.45) is 0 Å². The fourth-order valence-electron chi connectivity index (χ4n) is 1.10. The maximum atomic E-state index is 11.5. The smallest absolute Gasteiger partial charge is 0.293 e. The molecule has 2 rings (SSSR count). The van der Waals surface area contributed by atoms with Crippen LogP contribution in [0.1, 0.15) is 21.8 Å². The van der Waals surface area contributed by atoms with E-state index in [0.717, 1.165) is 11.3 Å². The number of carbonyl (C=O) groups excluding carboxylic acids is 1. The van der Waals surface area contributed by atoms with Crippen LogP contribution in [0.2, 0.25) is 0 Å². The number of nitrogens with zero attached hydrogens (tertiary/aromatic N) is 1. The maximum absolute atomic E-state index is 11.5. The molecule has 15 heavy (non-hydrogen) atoms. The normalized spacial score (nSPS) is 10.3. The number of furan rings is 1. The van der Waals surface area contributed by atoms with Crippen molar-refractivity contribution in [3.63, 3.8) is 0 Å². The zero-order valence-electron chi connectivity index (χ0n) is 8.40. The summed E-state index contributed by atoms with van der Waals surface area (Å²) in [4.78, 5) is 11.5. The summed E-state index contributed by atoms with van der Waals surface area (Å²) in [5, 5.41) is 6.30. The molecule has 0 fully saturated rings. The molecule has 0 aromatic carbocycles. The largest absolute Gasteiger partial charge is 0.459 e. The van der Waals surface area contributed by atoms with E-state index in [1.807, 2.05) is 6.92 Å². The monoisotopic (exact) mass is 206 g/mol. The maximum Gasteiger partial charge on any atom is 0.293 e. The van der Waals surface area contributed by atoms with Crippen LogP contribution in [-0.4, -0.2) is 11.1 Å². The summed E-state index contributed by atoms with van der Waals surface area (Å²) < 4.78 is 9.88. The Hall–Kier alpha value is -2.04. The summed E-state index contributed by atoms with van der Waals surface area (Å²) in [7, 11) is 0. The Morgan fingerprint density at radius 2 is 2.27 bits per heavy atom. The third kappa shape index (κ3) is 1.76. The molecule has 0 saturated heterocycles. The van der Waals surface area contributed by atoms with Crippen molar-refractivity contribution in [1.82, 2.24) is 5.16 Å². The Morgan fingerprint density at radius 1 is 1.47 bits per heavy atom. The van der Waals surface area contributed by atoms with Gasteiger partial charge in [-0.3, -0.25) is 10.1 Å². The van der Waals surface area contributed by atoms with Gasteiger partial charge in [-0.2, -0.15) is 0 Å². The molecule has 0 bridgehead atoms. The highest BCUT2D eigenvalue weighted by molar-refractivity contribution is 6.01. The minimum absolute atomic E-state index is 0.239. The van der Waals surface area contributed by atoms with Crippen molar-refractivity contribution in [1.29, 1.82) is 0 Å². The van der Waals surface area contributed by atoms with Gasteiger partial charge >= 0.3 is 0 Å². The van der Waals surface area contributed by atoms with Crippen LogP contribution in [0.3, 0.4) is 0 Å². The van der Waals surface area contributed by atoms with Gasteiger partial charge < -0.3 is 8.94 Å². The second-order valence-corrected chi connectivity index (χ2v) is 3.15. The zero-order valence-corrected chi connectivity index (χ0v) is 8.40. The van der Waals surface area contributed by atoms with Crippen LogP contribution in [0.5, 0.6) is 0 Å². The first kappa shape index (κ1) is 9.51. The number of rotatable bonds is 2. The van der Waals surface area contributed by atoms with Crippen molar-refractivity contribution in [2.45, 2.75) is 13.8 Å². The van der Waals surface area contributed by atoms with Crippen molar-refractivity contribution < 1.29 is 13.7 Å². The molecule has 2 aromatic heterocycles. The number of aryl methyl sites for hydroxylation is 1. The molecule has 0 unspecified atom stereocenters. The Kier molecular flexibility index (Phi) is 2.29. The van der Waals surface area contributed by atoms with Crippen LogP contribution in [0.4, 0.5) is 5.88 Å². The number of hydrogen-bond acceptors (Lipinski definition) is 4. The van der Waals surface area contributed by atoms with Crippen LogP contribution in [0.15, 0.2) is 27.3 Å². The van der Waals surface area contributed by atoms with E-state index in [9.17, 15) is 4.79 Å². The Morgan fingerprint density at radius 3 is 2.80 bits per heavy atom. The highest BCUT2D eigenvalue weighted by Gasteiger charge is 2.14. The predicted octanol–water partition coefficient (Wildman–Crippen LogP) is 2.14. The van der Waals surface area contributed by atoms with Crippen molar-refractivity contribution in [2.75, 3.05) is 5.32 Å². The molecule has 5 heteroatoms. The van der Waals surface area contributed by atoms with E-state index < -0.39 is 0 Å². The van der Waals surface area contributed by atoms with Gasteiger partial charge in [-0.15, -0.1) is 0 Å². The van der Waals surface area contributed by atoms with Gasteiger partial charge in [-0.25, -0.2) is 0 Å². The van der Waals surface area contributed by atoms with Gasteiger partial charge in [0, 0.05) is 5.56 Å². The summed E-state index contributed by atoms with van der Waals surface area (Å²) in [6.45, 7) is 3.63. The first-order valence-electron chi connectivity index (χ1n) is 4.46. The fourth-order valence-corrected chi connectivity index (χ4v) is 1.10. The topological polar surface area (TPSA) is 68.3 Å². The number of carbonyl (C=O) groups is 1. The second kappa shape index (κ2) is 3.61. The molecule has 1 N–H and O–H groups in total. The summed E-state index contributed by atoms with van der Waals surface area (Å²) >= 11 is 0. The van der Waals surface area contributed by atoms with Crippen molar-refractivity contribution >= 4 is 11.8 Å². The molecule has 78 valence electrons. The molecule has 5 nitrogen and oxygen atoms in total. The zero-order chi connectivity index (χ0) is 10.8. The predicted molar refractivity (Wildman–Crippen MR) is 52.6 cm³/mol. The first-order chi connectivity index (χ1) is 7.18. The summed E-state index contributed by atoms with van der Waals surface area (Å²) in [6, 6.07) is 3.22. The van der Waals surface area contributed by atoms with E-state index in [4.69, 9.17) is 8.94 Å². The van der Waals surface area contributed by atoms with Gasteiger partial charge in [-0.05, 0) is 26.0 Å². The average molecular weight is 206 g/mol. The fraction of sp³-hybridized carbons (Fsp3) is 0.200. The molecule has 2 aromatic rings. The molecule has 1 amide bonds. The number of nitrogens with one attached hydrogen (secondary N) is 1. The standard InChI is InChI=1S/C10H10N2O3/c1-6-7(2)12-15-10(6)11-9(13)8-4-3-5-14-8/h3-5H,1-2H3,(H,11,13). The molecule has 0 spiro atoms. The third-order valence-corrected chi connectivity index (χ3v) is 2.13. The van der Waals surface area contributed by atoms with Gasteiger partial charge in [0.1, 0.15) is 0 Å². The van der Waals surface area contributed by atoms with Gasteiger partial charge in [0.25, 0.3) is 5.91 Å². The summed E-state index contributed by atoms with van der Waals surface area (Å²) in [6.07, 6.45) is 1.44. The Bertz CT molecular complexity index is 471. The molecule has 0 aliphatic heterocycles. The molecular weight excluding hydrogens is 196 g/mol. The summed E-state index contributed by atoms with van der Waals surface area (Å²) in [5.74, 6) is 0.247. The third-order valence-electron chi connectivity index (χ3n) is 2.13. The number of amides is 1. The Labute approximate surface area is 86.1 Å². The lowest BCUT2D eigenvalue weighted by Gasteiger charge is -1.98. The first-order valence-corrected chi connectivity index (χ1v) is 4.46. The van der Waals surface area contributed by atoms with Gasteiger partial charge in [-0.1, -0.05) is 5.16 Å². The molecule has 0 saturated carbocycles. The van der Waals surface area contributed by atoms with E-state index in [1.54, 1.807) is 19.1 Å². The van der Waals surface area contributed by atoms with Crippen LogP contribution in [0.25, 0.3) is 0 Å². The van der Waals surface area contributed by atoms with E-state index in [0.29, 0.717) is 5.88 Å². The lowest BCUT2D eigenvalue weighted by Crippen LogP contribution is -2.10. The average Bonchev–Trinajstić information content (AvgIpc) is 2.83. The molecule has 0 aliphatic carbocycles. The van der Waals surface area contributed by atoms with Crippen LogP contribution in [0, 0.1) is 13.8 Å². The summed E-state index contributed by atoms with van der Waals surface area (Å²) in [5.41, 5.74) is 1.57. The Balaban J connectivity index is 2.16. The second-order valence-electron chi connectivity index (χ2n) is 3.15. The lowest BCUT2D eigenvalue weighted by atomic mass is 10.3. The molecule has 0 aliphatic rings. The molecule has 2 heterocycles. The van der Waals surface area contributed by atoms with Crippen LogP contribution in [-0.2, 0) is 0 Å². The van der Waals surface area contributed by atoms with Crippen molar-refractivity contribution in [3.8, 4) is 0 Å². The van der Waals surface area contributed by atoms with Gasteiger partial charge in [0.05, 0.1) is 12.0 Å². The molecule has 0 radical (unpaired) electrons. The minimum atomic E-state index is -0.348. The van der Waals surface area contributed by atoms with Gasteiger partial charge in [0.2, 0.25) is 5.88 Å². The van der Waals surface area contributed by atoms with E-state index in [-0.39, 0.29) is 11.7 Å². The van der Waals surface area contributed by atoms with E-state index in [2.05, 4.69) is 10.5 Å². The van der Waals surface area contributed by atoms with E-state index >= 15 is 0 Å². The van der Waals surface area contributed by atoms with E-state index in [1.165, 1.54) is 6.26 Å². The lowest BCUT2D eigenvalue weighted by molar-refractivity contribution is 0.0993. The highest BCUT2D eigenvalue weighted by Crippen LogP contribution is 2.18. The minimum Gasteiger partial charge on any atom is -0.459 e. The number of hydrogen-bond donors (Lipinski definition) is 1. The molecular formula is C10H10N2O3. The quantitative estimate of drug-likeness (QED) is 0.817. The molecule has 0 atom stereocenters. The SMILES string of the molecule is Cc1noc(NC(=O)c2ccco2)c1C.